The van der Waals surface area contributed by atoms with Crippen molar-refractivity contribution in [3.63, 3.8) is 0 Å². The van der Waals surface area contributed by atoms with Crippen LogP contribution in [0.4, 0.5) is 0 Å². The Hall–Kier alpha value is -0.870. The molecule has 2 heterocycles. The minimum atomic E-state index is 0.294. The van der Waals surface area contributed by atoms with E-state index in [-0.39, 0.29) is 0 Å². The summed E-state index contributed by atoms with van der Waals surface area (Å²) in [6, 6.07) is 1.45. The lowest BCUT2D eigenvalue weighted by Crippen LogP contribution is -2.37. The highest BCUT2D eigenvalue weighted by Crippen LogP contribution is 2.22. The third kappa shape index (κ3) is 4.06. The van der Waals surface area contributed by atoms with Crippen molar-refractivity contribution in [3.05, 3.63) is 17.0 Å². The van der Waals surface area contributed by atoms with Crippen LogP contribution < -0.4 is 10.6 Å². The molecular weight excluding hydrogens is 250 g/mol. The van der Waals surface area contributed by atoms with E-state index in [0.717, 1.165) is 11.5 Å². The van der Waals surface area contributed by atoms with Gasteiger partial charge in [-0.2, -0.15) is 0 Å². The fraction of sp³-hybridized carbons (Fsp3) is 0.812. The molecule has 0 aliphatic carbocycles. The summed E-state index contributed by atoms with van der Waals surface area (Å²) in [4.78, 5) is 0. The molecule has 1 saturated heterocycles. The van der Waals surface area contributed by atoms with E-state index in [9.17, 15) is 0 Å². The summed E-state index contributed by atoms with van der Waals surface area (Å²) < 4.78 is 5.26. The van der Waals surface area contributed by atoms with Gasteiger partial charge in [-0.05, 0) is 53.5 Å². The maximum absolute atomic E-state index is 5.26. The predicted molar refractivity (Wildman–Crippen MR) is 81.9 cm³/mol. The van der Waals surface area contributed by atoms with Gasteiger partial charge >= 0.3 is 0 Å². The maximum Gasteiger partial charge on any atom is 0.138 e. The van der Waals surface area contributed by atoms with Crippen molar-refractivity contribution >= 4 is 0 Å². The van der Waals surface area contributed by atoms with Gasteiger partial charge in [0.1, 0.15) is 5.76 Å². The fourth-order valence-corrected chi connectivity index (χ4v) is 3.42. The van der Waals surface area contributed by atoms with Gasteiger partial charge in [-0.1, -0.05) is 18.0 Å². The Morgan fingerprint density at radius 2 is 2.10 bits per heavy atom. The van der Waals surface area contributed by atoms with Gasteiger partial charge in [0.2, 0.25) is 0 Å². The number of aryl methyl sites for hydroxylation is 2. The van der Waals surface area contributed by atoms with Crippen molar-refractivity contribution in [1.29, 1.82) is 0 Å². The van der Waals surface area contributed by atoms with E-state index in [1.165, 1.54) is 44.2 Å². The standard InChI is InChI=1S/C16H29N3O/c1-11(10-15-8-6-5-7-9-17-15)18-12(2)16-13(3)19-20-14(16)4/h11-12,15,17-18H,5-10H2,1-4H3. The molecule has 20 heavy (non-hydrogen) atoms. The molecule has 1 aromatic heterocycles. The summed E-state index contributed by atoms with van der Waals surface area (Å²) in [5, 5.41) is 11.4. The van der Waals surface area contributed by atoms with Crippen LogP contribution >= 0.6 is 0 Å². The van der Waals surface area contributed by atoms with Gasteiger partial charge in [-0.25, -0.2) is 0 Å². The molecule has 4 heteroatoms. The molecule has 3 unspecified atom stereocenters. The minimum Gasteiger partial charge on any atom is -0.361 e. The summed E-state index contributed by atoms with van der Waals surface area (Å²) in [5.41, 5.74) is 2.22. The zero-order chi connectivity index (χ0) is 14.5. The average Bonchev–Trinajstić information content (AvgIpc) is 2.60. The lowest BCUT2D eigenvalue weighted by atomic mass is 10.0. The third-order valence-electron chi connectivity index (χ3n) is 4.36. The molecule has 2 rings (SSSR count). The van der Waals surface area contributed by atoms with Crippen molar-refractivity contribution in [2.75, 3.05) is 6.54 Å². The van der Waals surface area contributed by atoms with Gasteiger partial charge in [0.05, 0.1) is 5.69 Å². The Kier molecular flexibility index (Phi) is 5.61. The van der Waals surface area contributed by atoms with Crippen LogP contribution in [0.3, 0.4) is 0 Å². The number of hydrogen-bond donors (Lipinski definition) is 2. The second-order valence-corrected chi connectivity index (χ2v) is 6.26. The number of nitrogens with one attached hydrogen (secondary N) is 2. The van der Waals surface area contributed by atoms with Crippen LogP contribution in [0, 0.1) is 13.8 Å². The molecule has 3 atom stereocenters. The lowest BCUT2D eigenvalue weighted by molar-refractivity contribution is 0.373. The molecule has 1 fully saturated rings. The van der Waals surface area contributed by atoms with E-state index in [1.807, 2.05) is 13.8 Å². The Bertz CT molecular complexity index is 388. The molecule has 0 aromatic carbocycles. The zero-order valence-corrected chi connectivity index (χ0v) is 13.3. The number of nitrogens with zero attached hydrogens (tertiary/aromatic N) is 1. The summed E-state index contributed by atoms with van der Waals surface area (Å²) in [6.07, 6.45) is 6.57. The van der Waals surface area contributed by atoms with Gasteiger partial charge in [-0.3, -0.25) is 0 Å². The highest BCUT2D eigenvalue weighted by molar-refractivity contribution is 5.24. The molecule has 0 amide bonds. The summed E-state index contributed by atoms with van der Waals surface area (Å²) in [5.74, 6) is 0.933. The lowest BCUT2D eigenvalue weighted by Gasteiger charge is -2.24. The number of hydrogen-bond acceptors (Lipinski definition) is 4. The Labute approximate surface area is 122 Å². The third-order valence-corrected chi connectivity index (χ3v) is 4.36. The first-order valence-electron chi connectivity index (χ1n) is 8.00. The predicted octanol–water partition coefficient (Wildman–Crippen LogP) is 3.25. The fourth-order valence-electron chi connectivity index (χ4n) is 3.42. The van der Waals surface area contributed by atoms with Crippen LogP contribution in [0.1, 0.15) is 69.0 Å². The average molecular weight is 279 g/mol. The van der Waals surface area contributed by atoms with Crippen LogP contribution in [0.25, 0.3) is 0 Å². The monoisotopic (exact) mass is 279 g/mol. The van der Waals surface area contributed by atoms with E-state index < -0.39 is 0 Å². The molecule has 1 aliphatic heterocycles. The molecule has 2 N–H and O–H groups in total. The van der Waals surface area contributed by atoms with Gasteiger partial charge in [0, 0.05) is 23.7 Å². The molecular formula is C16H29N3O. The van der Waals surface area contributed by atoms with Crippen LogP contribution in [-0.4, -0.2) is 23.8 Å². The maximum atomic E-state index is 5.26. The molecule has 0 bridgehead atoms. The van der Waals surface area contributed by atoms with Crippen molar-refractivity contribution in [2.45, 2.75) is 77.9 Å². The van der Waals surface area contributed by atoms with E-state index in [1.54, 1.807) is 0 Å². The Morgan fingerprint density at radius 3 is 2.80 bits per heavy atom. The first-order valence-corrected chi connectivity index (χ1v) is 8.00. The normalized spacial score (nSPS) is 23.3. The van der Waals surface area contributed by atoms with Crippen molar-refractivity contribution in [3.8, 4) is 0 Å². The highest BCUT2D eigenvalue weighted by Gasteiger charge is 2.20. The van der Waals surface area contributed by atoms with Crippen molar-refractivity contribution < 1.29 is 4.52 Å². The Morgan fingerprint density at radius 1 is 1.30 bits per heavy atom. The number of aromatic nitrogens is 1. The second-order valence-electron chi connectivity index (χ2n) is 6.26. The molecule has 0 radical (unpaired) electrons. The largest absolute Gasteiger partial charge is 0.361 e. The molecule has 0 saturated carbocycles. The van der Waals surface area contributed by atoms with Gasteiger partial charge < -0.3 is 15.2 Å². The van der Waals surface area contributed by atoms with E-state index in [2.05, 4.69) is 29.6 Å². The van der Waals surface area contributed by atoms with Gasteiger partial charge in [0.15, 0.2) is 0 Å². The van der Waals surface area contributed by atoms with E-state index in [0.29, 0.717) is 18.1 Å². The first kappa shape index (κ1) is 15.5. The molecule has 4 nitrogen and oxygen atoms in total. The summed E-state index contributed by atoms with van der Waals surface area (Å²) in [6.45, 7) is 9.66. The SMILES string of the molecule is Cc1noc(C)c1C(C)NC(C)CC1CCCCCN1. The quantitative estimate of drug-likeness (QED) is 0.868. The van der Waals surface area contributed by atoms with E-state index >= 15 is 0 Å². The summed E-state index contributed by atoms with van der Waals surface area (Å²) >= 11 is 0. The van der Waals surface area contributed by atoms with Crippen molar-refractivity contribution in [2.24, 2.45) is 0 Å². The van der Waals surface area contributed by atoms with Crippen LogP contribution in [0.2, 0.25) is 0 Å². The number of rotatable bonds is 5. The minimum absolute atomic E-state index is 0.294. The second kappa shape index (κ2) is 7.23. The van der Waals surface area contributed by atoms with E-state index in [4.69, 9.17) is 4.52 Å². The summed E-state index contributed by atoms with van der Waals surface area (Å²) in [7, 11) is 0. The van der Waals surface area contributed by atoms with Crippen LogP contribution in [-0.2, 0) is 0 Å². The van der Waals surface area contributed by atoms with Crippen LogP contribution in [0.5, 0.6) is 0 Å². The Balaban J connectivity index is 1.85. The molecule has 0 spiro atoms. The van der Waals surface area contributed by atoms with Gasteiger partial charge in [0.25, 0.3) is 0 Å². The smallest absolute Gasteiger partial charge is 0.138 e. The molecule has 1 aromatic rings. The molecule has 114 valence electrons. The first-order chi connectivity index (χ1) is 9.58. The highest BCUT2D eigenvalue weighted by atomic mass is 16.5. The van der Waals surface area contributed by atoms with Crippen LogP contribution in [0.15, 0.2) is 4.52 Å². The van der Waals surface area contributed by atoms with Crippen molar-refractivity contribution in [1.82, 2.24) is 15.8 Å². The zero-order valence-electron chi connectivity index (χ0n) is 13.3. The van der Waals surface area contributed by atoms with Gasteiger partial charge in [-0.15, -0.1) is 0 Å². The molecule has 1 aliphatic rings. The topological polar surface area (TPSA) is 50.1 Å².